The van der Waals surface area contributed by atoms with Gasteiger partial charge in [0.2, 0.25) is 6.04 Å². The first kappa shape index (κ1) is 21.3. The van der Waals surface area contributed by atoms with Crippen LogP contribution < -0.4 is 4.74 Å². The molecule has 2 aromatic heterocycles. The molecule has 8 heteroatoms. The maximum atomic E-state index is 12.0. The molecular weight excluding hydrogens is 437 g/mol. The highest BCUT2D eigenvalue weighted by atomic mass is 35.5. The molecule has 0 spiro atoms. The lowest BCUT2D eigenvalue weighted by Gasteiger charge is -2.31. The summed E-state index contributed by atoms with van der Waals surface area (Å²) in [6.45, 7) is 0.250. The molecule has 0 radical (unpaired) electrons. The van der Waals surface area contributed by atoms with Gasteiger partial charge in [-0.2, -0.15) is 0 Å². The summed E-state index contributed by atoms with van der Waals surface area (Å²) in [5.74, 6) is 0.271. The van der Waals surface area contributed by atoms with Gasteiger partial charge in [0.15, 0.2) is 0 Å². The first-order valence-electron chi connectivity index (χ1n) is 9.75. The molecule has 0 amide bonds. The Hall–Kier alpha value is -2.96. The fourth-order valence-corrected chi connectivity index (χ4v) is 4.52. The van der Waals surface area contributed by atoms with Crippen molar-refractivity contribution in [2.45, 2.75) is 24.8 Å². The minimum absolute atomic E-state index is 0.220. The largest absolute Gasteiger partial charge is 0.489 e. The number of allylic oxidation sites excluding steroid dienone is 1. The van der Waals surface area contributed by atoms with E-state index >= 15 is 0 Å². The molecular formula is C23H19Cl2N3O3. The van der Waals surface area contributed by atoms with Gasteiger partial charge in [0, 0.05) is 46.2 Å². The summed E-state index contributed by atoms with van der Waals surface area (Å²) in [5.41, 5.74) is 3.53. The monoisotopic (exact) mass is 455 g/mol. The number of ether oxygens (including phenoxy) is 1. The molecule has 2 atom stereocenters. The van der Waals surface area contributed by atoms with Crippen LogP contribution in [0.5, 0.6) is 5.75 Å². The number of hydrogen-bond acceptors (Lipinski definition) is 5. The Labute approximate surface area is 189 Å². The minimum atomic E-state index is -0.824. The molecule has 0 aliphatic heterocycles. The van der Waals surface area contributed by atoms with Gasteiger partial charge in [0.05, 0.1) is 5.92 Å². The molecule has 31 heavy (non-hydrogen) atoms. The van der Waals surface area contributed by atoms with E-state index in [1.807, 2.05) is 12.1 Å². The van der Waals surface area contributed by atoms with Crippen LogP contribution in [0.25, 0.3) is 5.57 Å². The minimum Gasteiger partial charge on any atom is -0.489 e. The van der Waals surface area contributed by atoms with Gasteiger partial charge in [-0.1, -0.05) is 35.3 Å². The van der Waals surface area contributed by atoms with Crippen LogP contribution in [0.15, 0.2) is 72.8 Å². The molecule has 0 saturated carbocycles. The van der Waals surface area contributed by atoms with Crippen molar-refractivity contribution in [1.29, 1.82) is 0 Å². The summed E-state index contributed by atoms with van der Waals surface area (Å²) in [6, 6.07) is 11.6. The van der Waals surface area contributed by atoms with Crippen LogP contribution in [-0.2, 0) is 0 Å². The molecule has 1 aliphatic carbocycles. The van der Waals surface area contributed by atoms with Gasteiger partial charge in [-0.05, 0) is 59.0 Å². The van der Waals surface area contributed by atoms with Crippen molar-refractivity contribution >= 4 is 28.8 Å². The Morgan fingerprint density at radius 2 is 1.87 bits per heavy atom. The third-order valence-corrected chi connectivity index (χ3v) is 6.04. The van der Waals surface area contributed by atoms with Crippen LogP contribution in [0, 0.1) is 10.1 Å². The average molecular weight is 456 g/mol. The zero-order valence-electron chi connectivity index (χ0n) is 16.4. The number of nitrogens with zero attached hydrogens (tertiary/aromatic N) is 3. The van der Waals surface area contributed by atoms with E-state index < -0.39 is 6.04 Å². The summed E-state index contributed by atoms with van der Waals surface area (Å²) in [4.78, 5) is 20.0. The second kappa shape index (κ2) is 9.45. The lowest BCUT2D eigenvalue weighted by molar-refractivity contribution is -0.526. The third-order valence-electron chi connectivity index (χ3n) is 5.48. The summed E-state index contributed by atoms with van der Waals surface area (Å²) in [5, 5.41) is 13.0. The van der Waals surface area contributed by atoms with Gasteiger partial charge in [-0.25, -0.2) is 0 Å². The third kappa shape index (κ3) is 4.86. The molecule has 0 fully saturated rings. The zero-order valence-corrected chi connectivity index (χ0v) is 18.0. The second-order valence-corrected chi connectivity index (χ2v) is 8.17. The lowest BCUT2D eigenvalue weighted by Crippen LogP contribution is -2.33. The molecule has 158 valence electrons. The van der Waals surface area contributed by atoms with Crippen molar-refractivity contribution in [2.75, 3.05) is 6.61 Å². The van der Waals surface area contributed by atoms with Gasteiger partial charge < -0.3 is 4.74 Å². The molecule has 6 nitrogen and oxygen atoms in total. The van der Waals surface area contributed by atoms with Crippen molar-refractivity contribution in [3.63, 3.8) is 0 Å². The molecule has 1 aromatic carbocycles. The van der Waals surface area contributed by atoms with Crippen molar-refractivity contribution in [3.8, 4) is 5.75 Å². The van der Waals surface area contributed by atoms with Crippen molar-refractivity contribution in [3.05, 3.63) is 104 Å². The quantitative estimate of drug-likeness (QED) is 0.344. The number of nitro groups is 1. The van der Waals surface area contributed by atoms with Gasteiger partial charge >= 0.3 is 0 Å². The molecule has 4 rings (SSSR count). The fourth-order valence-electron chi connectivity index (χ4n) is 3.97. The summed E-state index contributed by atoms with van der Waals surface area (Å²) < 4.78 is 5.92. The van der Waals surface area contributed by atoms with Crippen molar-refractivity contribution in [2.24, 2.45) is 0 Å². The van der Waals surface area contributed by atoms with E-state index in [1.54, 1.807) is 55.1 Å². The molecule has 2 heterocycles. The molecule has 3 aromatic rings. The Morgan fingerprint density at radius 1 is 1.06 bits per heavy atom. The SMILES string of the molecule is O=[N+]([O-])[C@@H]1CC(COc2ccncc2)=C(c2cccnc2)C[C@H]1c1ccc(Cl)cc1Cl. The van der Waals surface area contributed by atoms with Gasteiger partial charge in [0.1, 0.15) is 12.4 Å². The normalized spacial score (nSPS) is 18.6. The van der Waals surface area contributed by atoms with Crippen molar-refractivity contribution in [1.82, 2.24) is 9.97 Å². The predicted molar refractivity (Wildman–Crippen MR) is 120 cm³/mol. The van der Waals surface area contributed by atoms with Crippen LogP contribution in [0.4, 0.5) is 0 Å². The van der Waals surface area contributed by atoms with Crippen molar-refractivity contribution < 1.29 is 9.66 Å². The molecule has 0 saturated heterocycles. The maximum Gasteiger partial charge on any atom is 0.224 e. The van der Waals surface area contributed by atoms with Crippen LogP contribution in [0.3, 0.4) is 0 Å². The van der Waals surface area contributed by atoms with E-state index in [-0.39, 0.29) is 23.9 Å². The Morgan fingerprint density at radius 3 is 2.55 bits per heavy atom. The van der Waals surface area contributed by atoms with Gasteiger partial charge in [-0.3, -0.25) is 20.1 Å². The molecule has 1 aliphatic rings. The highest BCUT2D eigenvalue weighted by Crippen LogP contribution is 2.44. The number of rotatable bonds is 6. The molecule has 0 bridgehead atoms. The highest BCUT2D eigenvalue weighted by Gasteiger charge is 2.40. The van der Waals surface area contributed by atoms with Gasteiger partial charge in [0.25, 0.3) is 0 Å². The van der Waals surface area contributed by atoms with E-state index in [2.05, 4.69) is 9.97 Å². The smallest absolute Gasteiger partial charge is 0.224 e. The zero-order chi connectivity index (χ0) is 21.8. The Balaban J connectivity index is 1.74. The average Bonchev–Trinajstić information content (AvgIpc) is 2.78. The molecule has 0 unspecified atom stereocenters. The second-order valence-electron chi connectivity index (χ2n) is 7.33. The van der Waals surface area contributed by atoms with Crippen LogP contribution in [0.1, 0.15) is 29.9 Å². The number of benzene rings is 1. The highest BCUT2D eigenvalue weighted by molar-refractivity contribution is 6.35. The first-order chi connectivity index (χ1) is 15.0. The number of halogens is 2. The fraction of sp³-hybridized carbons (Fsp3) is 0.217. The predicted octanol–water partition coefficient (Wildman–Crippen LogP) is 5.84. The maximum absolute atomic E-state index is 12.0. The summed E-state index contributed by atoms with van der Waals surface area (Å²) >= 11 is 12.5. The van der Waals surface area contributed by atoms with E-state index in [4.69, 9.17) is 27.9 Å². The van der Waals surface area contributed by atoms with E-state index in [0.717, 1.165) is 22.3 Å². The Kier molecular flexibility index (Phi) is 6.49. The number of pyridine rings is 2. The Bertz CT molecular complexity index is 1110. The first-order valence-corrected chi connectivity index (χ1v) is 10.5. The molecule has 0 N–H and O–H groups in total. The van der Waals surface area contributed by atoms with Crippen LogP contribution >= 0.6 is 23.2 Å². The lowest BCUT2D eigenvalue weighted by atomic mass is 9.75. The topological polar surface area (TPSA) is 78.2 Å². The number of hydrogen-bond donors (Lipinski definition) is 0. The van der Waals surface area contributed by atoms with Crippen LogP contribution in [0.2, 0.25) is 10.0 Å². The summed E-state index contributed by atoms with van der Waals surface area (Å²) in [7, 11) is 0. The van der Waals surface area contributed by atoms with Gasteiger partial charge in [-0.15, -0.1) is 0 Å². The summed E-state index contributed by atoms with van der Waals surface area (Å²) in [6.07, 6.45) is 7.47. The number of aromatic nitrogens is 2. The van der Waals surface area contributed by atoms with Crippen LogP contribution in [-0.4, -0.2) is 27.5 Å². The van der Waals surface area contributed by atoms with E-state index in [9.17, 15) is 10.1 Å². The standard InChI is InChI=1S/C23H19Cl2N3O3/c24-17-3-4-19(22(25)11-17)21-12-20(15-2-1-7-27-13-15)16(10-23(21)28(29)30)14-31-18-5-8-26-9-6-18/h1-9,11,13,21,23H,10,12,14H2/t21-,23+/m0/s1. The van der Waals surface area contributed by atoms with E-state index in [1.165, 1.54) is 0 Å². The van der Waals surface area contributed by atoms with E-state index in [0.29, 0.717) is 22.2 Å².